The molecule has 0 aliphatic rings. The highest BCUT2D eigenvalue weighted by molar-refractivity contribution is 7.73. The number of benzene rings is 2. The van der Waals surface area contributed by atoms with E-state index in [-0.39, 0.29) is 0 Å². The van der Waals surface area contributed by atoms with Gasteiger partial charge in [0.2, 0.25) is 0 Å². The smallest absolute Gasteiger partial charge is 0.130 e. The quantitative estimate of drug-likeness (QED) is 0.729. The van der Waals surface area contributed by atoms with E-state index in [9.17, 15) is 0 Å². The van der Waals surface area contributed by atoms with Crippen LogP contribution in [0.1, 0.15) is 6.92 Å². The molecule has 0 aliphatic carbocycles. The molecule has 23 heavy (non-hydrogen) atoms. The summed E-state index contributed by atoms with van der Waals surface area (Å²) >= 11 is 0. The second-order valence-corrected chi connectivity index (χ2v) is 7.15. The van der Waals surface area contributed by atoms with E-state index in [1.165, 1.54) is 0 Å². The third kappa shape index (κ3) is 3.37. The molecule has 0 spiro atoms. The first-order valence-electron chi connectivity index (χ1n) is 7.41. The van der Waals surface area contributed by atoms with Crippen LogP contribution in [-0.4, -0.2) is 34.6 Å². The van der Waals surface area contributed by atoms with Crippen LogP contribution >= 0.6 is 7.92 Å². The molecule has 0 aromatic heterocycles. The SMILES string of the molecule is CCP(c1c(OC)cccc1OC)c1c(OC)cccc1OC. The lowest BCUT2D eigenvalue weighted by Gasteiger charge is -2.25. The van der Waals surface area contributed by atoms with Crippen molar-refractivity contribution < 1.29 is 18.9 Å². The molecule has 0 aliphatic heterocycles. The van der Waals surface area contributed by atoms with Crippen LogP contribution in [0.4, 0.5) is 0 Å². The third-order valence-electron chi connectivity index (χ3n) is 3.66. The molecule has 0 saturated carbocycles. The molecule has 2 aromatic carbocycles. The highest BCUT2D eigenvalue weighted by Gasteiger charge is 2.26. The average Bonchev–Trinajstić information content (AvgIpc) is 2.62. The summed E-state index contributed by atoms with van der Waals surface area (Å²) in [5.74, 6) is 3.30. The van der Waals surface area contributed by atoms with Crippen molar-refractivity contribution in [2.24, 2.45) is 0 Å². The van der Waals surface area contributed by atoms with Crippen LogP contribution in [0.5, 0.6) is 23.0 Å². The maximum absolute atomic E-state index is 5.59. The minimum Gasteiger partial charge on any atom is -0.496 e. The van der Waals surface area contributed by atoms with Gasteiger partial charge in [-0.3, -0.25) is 0 Å². The molecule has 0 bridgehead atoms. The van der Waals surface area contributed by atoms with Gasteiger partial charge in [0.15, 0.2) is 0 Å². The van der Waals surface area contributed by atoms with Gasteiger partial charge in [-0.2, -0.15) is 0 Å². The zero-order chi connectivity index (χ0) is 16.8. The summed E-state index contributed by atoms with van der Waals surface area (Å²) in [5.41, 5.74) is 0. The van der Waals surface area contributed by atoms with Crippen molar-refractivity contribution in [2.45, 2.75) is 6.92 Å². The molecule has 0 saturated heterocycles. The van der Waals surface area contributed by atoms with E-state index >= 15 is 0 Å². The Labute approximate surface area is 139 Å². The monoisotopic (exact) mass is 334 g/mol. The Balaban J connectivity index is 2.71. The Bertz CT molecular complexity index is 557. The minimum atomic E-state index is -0.755. The van der Waals surface area contributed by atoms with Gasteiger partial charge in [-0.15, -0.1) is 0 Å². The number of hydrogen-bond donors (Lipinski definition) is 0. The first-order chi connectivity index (χ1) is 11.2. The van der Waals surface area contributed by atoms with Gasteiger partial charge < -0.3 is 18.9 Å². The predicted octanol–water partition coefficient (Wildman–Crippen LogP) is 3.17. The molecule has 0 radical (unpaired) electrons. The third-order valence-corrected chi connectivity index (χ3v) is 6.25. The highest BCUT2D eigenvalue weighted by atomic mass is 31.1. The van der Waals surface area contributed by atoms with Crippen molar-refractivity contribution in [1.29, 1.82) is 0 Å². The lowest BCUT2D eigenvalue weighted by atomic mass is 10.3. The van der Waals surface area contributed by atoms with Crippen LogP contribution < -0.4 is 29.6 Å². The number of hydrogen-bond acceptors (Lipinski definition) is 4. The molecule has 0 heterocycles. The van der Waals surface area contributed by atoms with Crippen LogP contribution in [0, 0.1) is 0 Å². The standard InChI is InChI=1S/C18H23O4P/c1-6-23(17-13(19-2)9-7-10-14(17)20-3)18-15(21-4)11-8-12-16(18)22-5/h7-12H,6H2,1-5H3. The molecule has 2 aromatic rings. The van der Waals surface area contributed by atoms with Crippen LogP contribution in [-0.2, 0) is 0 Å². The number of methoxy groups -OCH3 is 4. The summed E-state index contributed by atoms with van der Waals surface area (Å²) in [6.07, 6.45) is 0.919. The first kappa shape index (κ1) is 17.4. The summed E-state index contributed by atoms with van der Waals surface area (Å²) < 4.78 is 22.4. The molecule has 5 heteroatoms. The topological polar surface area (TPSA) is 36.9 Å². The molecule has 0 atom stereocenters. The summed E-state index contributed by atoms with van der Waals surface area (Å²) in [5, 5.41) is 2.13. The Morgan fingerprint density at radius 3 is 1.17 bits per heavy atom. The molecule has 0 unspecified atom stereocenters. The van der Waals surface area contributed by atoms with Gasteiger partial charge in [-0.1, -0.05) is 19.1 Å². The predicted molar refractivity (Wildman–Crippen MR) is 95.8 cm³/mol. The normalized spacial score (nSPS) is 10.5. The van der Waals surface area contributed by atoms with Crippen LogP contribution in [0.3, 0.4) is 0 Å². The van der Waals surface area contributed by atoms with E-state index < -0.39 is 7.92 Å². The molecule has 2 rings (SSSR count). The van der Waals surface area contributed by atoms with Crippen molar-refractivity contribution in [3.05, 3.63) is 36.4 Å². The van der Waals surface area contributed by atoms with Crippen molar-refractivity contribution in [3.8, 4) is 23.0 Å². The Morgan fingerprint density at radius 1 is 0.652 bits per heavy atom. The van der Waals surface area contributed by atoms with Gasteiger partial charge in [0.05, 0.1) is 39.0 Å². The van der Waals surface area contributed by atoms with E-state index in [2.05, 4.69) is 6.92 Å². The molecular weight excluding hydrogens is 311 g/mol. The van der Waals surface area contributed by atoms with E-state index in [1.807, 2.05) is 36.4 Å². The second kappa shape index (κ2) is 8.07. The molecule has 0 N–H and O–H groups in total. The minimum absolute atomic E-state index is 0.755. The Morgan fingerprint density at radius 2 is 0.957 bits per heavy atom. The lowest BCUT2D eigenvalue weighted by Crippen LogP contribution is -2.20. The Hall–Kier alpha value is -1.93. The van der Waals surface area contributed by atoms with E-state index in [1.54, 1.807) is 28.4 Å². The highest BCUT2D eigenvalue weighted by Crippen LogP contribution is 2.45. The molecule has 0 amide bonds. The first-order valence-corrected chi connectivity index (χ1v) is 8.93. The van der Waals surface area contributed by atoms with Crippen LogP contribution in [0.2, 0.25) is 0 Å². The van der Waals surface area contributed by atoms with Crippen molar-refractivity contribution >= 4 is 18.5 Å². The van der Waals surface area contributed by atoms with Crippen LogP contribution in [0.25, 0.3) is 0 Å². The van der Waals surface area contributed by atoms with E-state index in [0.717, 1.165) is 39.8 Å². The summed E-state index contributed by atoms with van der Waals surface area (Å²) in [6.45, 7) is 2.16. The van der Waals surface area contributed by atoms with Crippen LogP contribution in [0.15, 0.2) is 36.4 Å². The maximum Gasteiger partial charge on any atom is 0.130 e. The number of ether oxygens (including phenoxy) is 4. The van der Waals surface area contributed by atoms with E-state index in [0.29, 0.717) is 0 Å². The Kier molecular flexibility index (Phi) is 6.12. The van der Waals surface area contributed by atoms with E-state index in [4.69, 9.17) is 18.9 Å². The van der Waals surface area contributed by atoms with Gasteiger partial charge in [0, 0.05) is 0 Å². The van der Waals surface area contributed by atoms with Gasteiger partial charge in [0.1, 0.15) is 23.0 Å². The maximum atomic E-state index is 5.59. The van der Waals surface area contributed by atoms with Gasteiger partial charge in [0.25, 0.3) is 0 Å². The molecule has 124 valence electrons. The molecular formula is C18H23O4P. The summed E-state index contributed by atoms with van der Waals surface area (Å²) in [7, 11) is 5.97. The van der Waals surface area contributed by atoms with Gasteiger partial charge in [-0.05, 0) is 38.3 Å². The molecule has 0 fully saturated rings. The average molecular weight is 334 g/mol. The fourth-order valence-electron chi connectivity index (χ4n) is 2.62. The van der Waals surface area contributed by atoms with Gasteiger partial charge in [-0.25, -0.2) is 0 Å². The fraction of sp³-hybridized carbons (Fsp3) is 0.333. The lowest BCUT2D eigenvalue weighted by molar-refractivity contribution is 0.399. The summed E-state index contributed by atoms with van der Waals surface area (Å²) in [6, 6.07) is 11.7. The molecule has 4 nitrogen and oxygen atoms in total. The van der Waals surface area contributed by atoms with Crippen molar-refractivity contribution in [2.75, 3.05) is 34.6 Å². The largest absolute Gasteiger partial charge is 0.496 e. The van der Waals surface area contributed by atoms with Crippen molar-refractivity contribution in [1.82, 2.24) is 0 Å². The fourth-order valence-corrected chi connectivity index (χ4v) is 5.21. The van der Waals surface area contributed by atoms with Crippen molar-refractivity contribution in [3.63, 3.8) is 0 Å². The second-order valence-electron chi connectivity index (χ2n) is 4.77. The summed E-state index contributed by atoms with van der Waals surface area (Å²) in [4.78, 5) is 0. The zero-order valence-electron chi connectivity index (χ0n) is 14.3. The zero-order valence-corrected chi connectivity index (χ0v) is 15.1. The number of rotatable bonds is 7. The van der Waals surface area contributed by atoms with Gasteiger partial charge >= 0.3 is 0 Å².